The van der Waals surface area contributed by atoms with Crippen LogP contribution < -0.4 is 5.56 Å². The molecule has 0 radical (unpaired) electrons. The fraction of sp³-hybridized carbons (Fsp3) is 0.636. The van der Waals surface area contributed by atoms with Crippen LogP contribution in [0.3, 0.4) is 0 Å². The molecule has 5 nitrogen and oxygen atoms in total. The monoisotopic (exact) mass is 257 g/mol. The smallest absolute Gasteiger partial charge is 0.288 e. The molecule has 1 aromatic rings. The number of hydrogen-bond donors (Lipinski definition) is 0. The summed E-state index contributed by atoms with van der Waals surface area (Å²) in [5.41, 5.74) is -0.258. The first kappa shape index (κ1) is 12.5. The predicted molar refractivity (Wildman–Crippen MR) is 65.4 cm³/mol. The van der Waals surface area contributed by atoms with Gasteiger partial charge in [0.2, 0.25) is 0 Å². The average Bonchev–Trinajstić information content (AvgIpc) is 2.35. The Morgan fingerprint density at radius 2 is 2.47 bits per heavy atom. The first-order chi connectivity index (χ1) is 8.20. The molecule has 0 N–H and O–H groups in total. The molecule has 1 aliphatic heterocycles. The van der Waals surface area contributed by atoms with Crippen molar-refractivity contribution in [3.8, 4) is 0 Å². The Morgan fingerprint density at radius 1 is 1.65 bits per heavy atom. The summed E-state index contributed by atoms with van der Waals surface area (Å²) in [6.45, 7) is 6.18. The van der Waals surface area contributed by atoms with Crippen molar-refractivity contribution in [3.63, 3.8) is 0 Å². The Hall–Kier alpha value is -0.910. The van der Waals surface area contributed by atoms with E-state index in [9.17, 15) is 4.79 Å². The van der Waals surface area contributed by atoms with Crippen LogP contribution in [-0.2, 0) is 11.3 Å². The van der Waals surface area contributed by atoms with E-state index in [1.807, 2.05) is 0 Å². The second kappa shape index (κ2) is 5.62. The lowest BCUT2D eigenvalue weighted by atomic mass is 10.2. The van der Waals surface area contributed by atoms with Gasteiger partial charge in [-0.1, -0.05) is 18.5 Å². The van der Waals surface area contributed by atoms with Gasteiger partial charge in [0.05, 0.1) is 19.3 Å². The van der Waals surface area contributed by atoms with Crippen LogP contribution in [0.1, 0.15) is 6.92 Å². The molecule has 94 valence electrons. The summed E-state index contributed by atoms with van der Waals surface area (Å²) < 4.78 is 7.20. The van der Waals surface area contributed by atoms with Gasteiger partial charge in [-0.2, -0.15) is 0 Å². The van der Waals surface area contributed by atoms with E-state index >= 15 is 0 Å². The number of hydrogen-bond acceptors (Lipinski definition) is 4. The van der Waals surface area contributed by atoms with Gasteiger partial charge in [0.25, 0.3) is 5.56 Å². The van der Waals surface area contributed by atoms with E-state index in [4.69, 9.17) is 16.3 Å². The maximum Gasteiger partial charge on any atom is 0.288 e. The number of morpholine rings is 1. The van der Waals surface area contributed by atoms with Gasteiger partial charge in [0, 0.05) is 25.5 Å². The minimum atomic E-state index is -0.258. The summed E-state index contributed by atoms with van der Waals surface area (Å²) in [6.07, 6.45) is 3.21. The molecule has 0 aromatic carbocycles. The molecule has 1 atom stereocenters. The SMILES string of the molecule is CCN1CCOC(Cn2ccnc(Cl)c2=O)C1. The minimum Gasteiger partial charge on any atom is -0.374 e. The number of rotatable bonds is 3. The molecule has 1 aliphatic rings. The van der Waals surface area contributed by atoms with Crippen LogP contribution in [-0.4, -0.2) is 46.8 Å². The highest BCUT2D eigenvalue weighted by Crippen LogP contribution is 2.06. The topological polar surface area (TPSA) is 47.4 Å². The highest BCUT2D eigenvalue weighted by atomic mass is 35.5. The molecule has 17 heavy (non-hydrogen) atoms. The summed E-state index contributed by atoms with van der Waals surface area (Å²) in [5, 5.41) is 0.00987. The third-order valence-electron chi connectivity index (χ3n) is 2.94. The summed E-state index contributed by atoms with van der Waals surface area (Å²) in [6, 6.07) is 0. The van der Waals surface area contributed by atoms with Crippen molar-refractivity contribution >= 4 is 11.6 Å². The third kappa shape index (κ3) is 3.06. The highest BCUT2D eigenvalue weighted by Gasteiger charge is 2.20. The Bertz CT molecular complexity index is 435. The molecule has 1 unspecified atom stereocenters. The zero-order valence-corrected chi connectivity index (χ0v) is 10.6. The van der Waals surface area contributed by atoms with Crippen molar-refractivity contribution in [3.05, 3.63) is 27.9 Å². The van der Waals surface area contributed by atoms with Crippen LogP contribution in [0.5, 0.6) is 0 Å². The van der Waals surface area contributed by atoms with Gasteiger partial charge < -0.3 is 9.30 Å². The summed E-state index contributed by atoms with van der Waals surface area (Å²) in [7, 11) is 0. The van der Waals surface area contributed by atoms with Gasteiger partial charge >= 0.3 is 0 Å². The maximum atomic E-state index is 11.7. The average molecular weight is 258 g/mol. The predicted octanol–water partition coefficient (Wildman–Crippen LogP) is 0.617. The second-order valence-electron chi connectivity index (χ2n) is 4.06. The minimum absolute atomic E-state index is 0.00987. The number of nitrogens with zero attached hydrogens (tertiary/aromatic N) is 3. The van der Waals surface area contributed by atoms with Crippen molar-refractivity contribution in [1.82, 2.24) is 14.5 Å². The Balaban J connectivity index is 2.05. The third-order valence-corrected chi connectivity index (χ3v) is 3.20. The van der Waals surface area contributed by atoms with Gasteiger partial charge in [0.15, 0.2) is 5.15 Å². The van der Waals surface area contributed by atoms with E-state index < -0.39 is 0 Å². The summed E-state index contributed by atoms with van der Waals surface area (Å²) >= 11 is 5.69. The lowest BCUT2D eigenvalue weighted by Gasteiger charge is -2.32. The van der Waals surface area contributed by atoms with Crippen LogP contribution in [0.4, 0.5) is 0 Å². The van der Waals surface area contributed by atoms with Crippen molar-refractivity contribution in [2.45, 2.75) is 19.6 Å². The quantitative estimate of drug-likeness (QED) is 0.796. The van der Waals surface area contributed by atoms with Crippen LogP contribution >= 0.6 is 11.6 Å². The number of ether oxygens (including phenoxy) is 1. The molecule has 6 heteroatoms. The molecule has 2 heterocycles. The van der Waals surface area contributed by atoms with Gasteiger partial charge in [-0.3, -0.25) is 9.69 Å². The number of aromatic nitrogens is 2. The standard InChI is InChI=1S/C11H16ClN3O2/c1-2-14-5-6-17-9(7-14)8-15-4-3-13-10(12)11(15)16/h3-4,9H,2,5-8H2,1H3. The van der Waals surface area contributed by atoms with E-state index in [1.165, 1.54) is 6.20 Å². The number of likely N-dealkylation sites (N-methyl/N-ethyl adjacent to an activating group) is 1. The van der Waals surface area contributed by atoms with Crippen molar-refractivity contribution in [1.29, 1.82) is 0 Å². The second-order valence-corrected chi connectivity index (χ2v) is 4.42. The lowest BCUT2D eigenvalue weighted by Crippen LogP contribution is -2.45. The summed E-state index contributed by atoms with van der Waals surface area (Å²) in [4.78, 5) is 17.7. The zero-order valence-electron chi connectivity index (χ0n) is 9.80. The van der Waals surface area contributed by atoms with E-state index in [0.29, 0.717) is 13.2 Å². The van der Waals surface area contributed by atoms with E-state index in [1.54, 1.807) is 10.8 Å². The molecule has 1 saturated heterocycles. The van der Waals surface area contributed by atoms with Crippen molar-refractivity contribution in [2.75, 3.05) is 26.2 Å². The molecule has 0 bridgehead atoms. The molecular formula is C11H16ClN3O2. The van der Waals surface area contributed by atoms with E-state index in [2.05, 4.69) is 16.8 Å². The largest absolute Gasteiger partial charge is 0.374 e. The first-order valence-electron chi connectivity index (χ1n) is 5.75. The van der Waals surface area contributed by atoms with Gasteiger partial charge in [-0.15, -0.1) is 0 Å². The van der Waals surface area contributed by atoms with E-state index in [-0.39, 0.29) is 16.8 Å². The van der Waals surface area contributed by atoms with E-state index in [0.717, 1.165) is 19.6 Å². The Kier molecular flexibility index (Phi) is 4.15. The van der Waals surface area contributed by atoms with Crippen molar-refractivity contribution < 1.29 is 4.74 Å². The molecule has 0 saturated carbocycles. The lowest BCUT2D eigenvalue weighted by molar-refractivity contribution is -0.0347. The maximum absolute atomic E-state index is 11.7. The van der Waals surface area contributed by atoms with Crippen molar-refractivity contribution in [2.24, 2.45) is 0 Å². The molecule has 1 aromatic heterocycles. The molecular weight excluding hydrogens is 242 g/mol. The molecule has 2 rings (SSSR count). The molecule has 0 amide bonds. The fourth-order valence-electron chi connectivity index (χ4n) is 1.96. The van der Waals surface area contributed by atoms with Gasteiger partial charge in [0.1, 0.15) is 0 Å². The molecule has 0 spiro atoms. The molecule has 1 fully saturated rings. The van der Waals surface area contributed by atoms with Crippen LogP contribution in [0.15, 0.2) is 17.2 Å². The highest BCUT2D eigenvalue weighted by molar-refractivity contribution is 6.29. The Morgan fingerprint density at radius 3 is 3.24 bits per heavy atom. The fourth-order valence-corrected chi connectivity index (χ4v) is 2.13. The van der Waals surface area contributed by atoms with Gasteiger partial charge in [-0.05, 0) is 6.54 Å². The van der Waals surface area contributed by atoms with Crippen LogP contribution in [0.25, 0.3) is 0 Å². The Labute approximate surface area is 105 Å². The summed E-state index contributed by atoms with van der Waals surface area (Å²) in [5.74, 6) is 0. The van der Waals surface area contributed by atoms with Gasteiger partial charge in [-0.25, -0.2) is 4.98 Å². The van der Waals surface area contributed by atoms with Crippen LogP contribution in [0.2, 0.25) is 5.15 Å². The number of halogens is 1. The molecule has 0 aliphatic carbocycles. The van der Waals surface area contributed by atoms with Crippen LogP contribution in [0, 0.1) is 0 Å². The zero-order chi connectivity index (χ0) is 12.3. The normalized spacial score (nSPS) is 21.6. The first-order valence-corrected chi connectivity index (χ1v) is 6.13.